The van der Waals surface area contributed by atoms with Crippen molar-refractivity contribution in [3.05, 3.63) is 0 Å². The number of carbonyl (C=O) groups excluding carboxylic acids is 1. The summed E-state index contributed by atoms with van der Waals surface area (Å²) in [4.78, 5) is 14.1. The van der Waals surface area contributed by atoms with E-state index in [1.54, 1.807) is 0 Å². The van der Waals surface area contributed by atoms with E-state index in [2.05, 4.69) is 19.2 Å². The zero-order valence-corrected chi connectivity index (χ0v) is 11.9. The molecule has 0 aromatic carbocycles. The van der Waals surface area contributed by atoms with E-state index >= 15 is 0 Å². The minimum absolute atomic E-state index is 0. The fourth-order valence-electron chi connectivity index (χ4n) is 1.81. The van der Waals surface area contributed by atoms with Gasteiger partial charge in [-0.25, -0.2) is 0 Å². The predicted molar refractivity (Wildman–Crippen MR) is 71.6 cm³/mol. The molecule has 1 aliphatic rings. The first-order chi connectivity index (χ1) is 7.69. The van der Waals surface area contributed by atoms with Crippen molar-refractivity contribution >= 4 is 18.3 Å². The molecular formula is C12H25ClN2O2. The van der Waals surface area contributed by atoms with Crippen molar-refractivity contribution in [3.8, 4) is 0 Å². The van der Waals surface area contributed by atoms with Gasteiger partial charge in [-0.1, -0.05) is 20.3 Å². The third kappa shape index (κ3) is 5.23. The Bertz CT molecular complexity index is 221. The quantitative estimate of drug-likeness (QED) is 0.814. The molecular weight excluding hydrogens is 240 g/mol. The summed E-state index contributed by atoms with van der Waals surface area (Å²) in [5.74, 6) is 0.690. The number of hydrogen-bond acceptors (Lipinski definition) is 3. The Labute approximate surface area is 110 Å². The molecule has 0 radical (unpaired) electrons. The molecule has 0 aromatic rings. The zero-order valence-electron chi connectivity index (χ0n) is 11.1. The molecule has 2 atom stereocenters. The van der Waals surface area contributed by atoms with Gasteiger partial charge in [-0.15, -0.1) is 12.4 Å². The van der Waals surface area contributed by atoms with Gasteiger partial charge in [-0.05, 0) is 12.8 Å². The third-order valence-corrected chi connectivity index (χ3v) is 3.13. The van der Waals surface area contributed by atoms with Crippen LogP contribution in [0.4, 0.5) is 0 Å². The highest BCUT2D eigenvalue weighted by Crippen LogP contribution is 2.08. The number of carbonyl (C=O) groups is 1. The van der Waals surface area contributed by atoms with Crippen LogP contribution in [0.15, 0.2) is 0 Å². The van der Waals surface area contributed by atoms with E-state index in [9.17, 15) is 4.79 Å². The molecule has 2 unspecified atom stereocenters. The lowest BCUT2D eigenvalue weighted by molar-refractivity contribution is -0.145. The van der Waals surface area contributed by atoms with Gasteiger partial charge in [0.15, 0.2) is 0 Å². The molecule has 0 bridgehead atoms. The Hall–Kier alpha value is -0.320. The van der Waals surface area contributed by atoms with Gasteiger partial charge >= 0.3 is 0 Å². The summed E-state index contributed by atoms with van der Waals surface area (Å²) in [6.07, 6.45) is 0.825. The molecule has 1 amide bonds. The van der Waals surface area contributed by atoms with Crippen LogP contribution in [-0.2, 0) is 9.53 Å². The SMILES string of the molecule is CCC(C)CN(CC)C(=O)C1CNCCO1.Cl. The van der Waals surface area contributed by atoms with Gasteiger partial charge in [0.25, 0.3) is 5.91 Å². The van der Waals surface area contributed by atoms with E-state index in [0.29, 0.717) is 19.1 Å². The van der Waals surface area contributed by atoms with Crippen LogP contribution < -0.4 is 5.32 Å². The van der Waals surface area contributed by atoms with E-state index in [0.717, 1.165) is 26.1 Å². The highest BCUT2D eigenvalue weighted by atomic mass is 35.5. The van der Waals surface area contributed by atoms with E-state index in [1.807, 2.05) is 11.8 Å². The topological polar surface area (TPSA) is 41.6 Å². The molecule has 1 N–H and O–H groups in total. The lowest BCUT2D eigenvalue weighted by Gasteiger charge is -2.30. The smallest absolute Gasteiger partial charge is 0.253 e. The molecule has 1 aliphatic heterocycles. The first-order valence-corrected chi connectivity index (χ1v) is 6.30. The third-order valence-electron chi connectivity index (χ3n) is 3.13. The highest BCUT2D eigenvalue weighted by Gasteiger charge is 2.26. The molecule has 0 aromatic heterocycles. The van der Waals surface area contributed by atoms with Gasteiger partial charge in [0, 0.05) is 26.2 Å². The molecule has 1 rings (SSSR count). The average molecular weight is 265 g/mol. The van der Waals surface area contributed by atoms with Crippen LogP contribution in [0.25, 0.3) is 0 Å². The number of likely N-dealkylation sites (N-methyl/N-ethyl adjacent to an activating group) is 1. The Morgan fingerprint density at radius 2 is 2.24 bits per heavy atom. The lowest BCUT2D eigenvalue weighted by Crippen LogP contribution is -2.50. The van der Waals surface area contributed by atoms with Crippen LogP contribution >= 0.6 is 12.4 Å². The van der Waals surface area contributed by atoms with Gasteiger partial charge < -0.3 is 15.0 Å². The summed E-state index contributed by atoms with van der Waals surface area (Å²) in [5, 5.41) is 3.19. The second kappa shape index (κ2) is 8.72. The second-order valence-electron chi connectivity index (χ2n) is 4.45. The summed E-state index contributed by atoms with van der Waals surface area (Å²) < 4.78 is 5.48. The number of nitrogens with one attached hydrogen (secondary N) is 1. The maximum atomic E-state index is 12.1. The van der Waals surface area contributed by atoms with Gasteiger partial charge in [-0.2, -0.15) is 0 Å². The normalized spacial score (nSPS) is 21.5. The van der Waals surface area contributed by atoms with E-state index < -0.39 is 0 Å². The van der Waals surface area contributed by atoms with Crippen molar-refractivity contribution in [1.29, 1.82) is 0 Å². The van der Waals surface area contributed by atoms with Crippen LogP contribution in [0.5, 0.6) is 0 Å². The lowest BCUT2D eigenvalue weighted by atomic mass is 10.1. The number of morpholine rings is 1. The van der Waals surface area contributed by atoms with E-state index in [4.69, 9.17) is 4.74 Å². The van der Waals surface area contributed by atoms with Gasteiger partial charge in [-0.3, -0.25) is 4.79 Å². The first kappa shape index (κ1) is 16.7. The van der Waals surface area contributed by atoms with Crippen LogP contribution in [0.1, 0.15) is 27.2 Å². The Morgan fingerprint density at radius 1 is 1.53 bits per heavy atom. The fourth-order valence-corrected chi connectivity index (χ4v) is 1.81. The number of rotatable bonds is 5. The Kier molecular flexibility index (Phi) is 8.56. The molecule has 1 fully saturated rings. The highest BCUT2D eigenvalue weighted by molar-refractivity contribution is 5.85. The molecule has 102 valence electrons. The number of amides is 1. The van der Waals surface area contributed by atoms with Crippen molar-refractivity contribution in [3.63, 3.8) is 0 Å². The Morgan fingerprint density at radius 3 is 2.71 bits per heavy atom. The number of hydrogen-bond donors (Lipinski definition) is 1. The summed E-state index contributed by atoms with van der Waals surface area (Å²) in [6.45, 7) is 10.1. The van der Waals surface area contributed by atoms with Gasteiger partial charge in [0.05, 0.1) is 6.61 Å². The molecule has 0 aliphatic carbocycles. The predicted octanol–water partition coefficient (Wildman–Crippen LogP) is 1.29. The molecule has 0 saturated carbocycles. The number of halogens is 1. The molecule has 1 saturated heterocycles. The van der Waals surface area contributed by atoms with E-state index in [1.165, 1.54) is 0 Å². The number of ether oxygens (including phenoxy) is 1. The standard InChI is InChI=1S/C12H24N2O2.ClH/c1-4-10(3)9-14(5-2)12(15)11-8-13-6-7-16-11;/h10-11,13H,4-9H2,1-3H3;1H. The zero-order chi connectivity index (χ0) is 12.0. The molecule has 4 nitrogen and oxygen atoms in total. The maximum absolute atomic E-state index is 12.1. The summed E-state index contributed by atoms with van der Waals surface area (Å²) >= 11 is 0. The van der Waals surface area contributed by atoms with Gasteiger partial charge in [0.2, 0.25) is 0 Å². The van der Waals surface area contributed by atoms with E-state index in [-0.39, 0.29) is 24.4 Å². The maximum Gasteiger partial charge on any atom is 0.253 e. The fraction of sp³-hybridized carbons (Fsp3) is 0.917. The van der Waals surface area contributed by atoms with Crippen molar-refractivity contribution in [1.82, 2.24) is 10.2 Å². The van der Waals surface area contributed by atoms with Gasteiger partial charge in [0.1, 0.15) is 6.10 Å². The summed E-state index contributed by atoms with van der Waals surface area (Å²) in [7, 11) is 0. The van der Waals surface area contributed by atoms with Crippen molar-refractivity contribution in [2.24, 2.45) is 5.92 Å². The van der Waals surface area contributed by atoms with Crippen molar-refractivity contribution in [2.75, 3.05) is 32.8 Å². The van der Waals surface area contributed by atoms with Crippen LogP contribution in [0.2, 0.25) is 0 Å². The summed E-state index contributed by atoms with van der Waals surface area (Å²) in [5.41, 5.74) is 0. The van der Waals surface area contributed by atoms with Crippen LogP contribution in [0.3, 0.4) is 0 Å². The molecule has 0 spiro atoms. The second-order valence-corrected chi connectivity index (χ2v) is 4.45. The van der Waals surface area contributed by atoms with Crippen molar-refractivity contribution < 1.29 is 9.53 Å². The largest absolute Gasteiger partial charge is 0.366 e. The van der Waals surface area contributed by atoms with Crippen molar-refractivity contribution in [2.45, 2.75) is 33.3 Å². The minimum atomic E-state index is -0.280. The Balaban J connectivity index is 0.00000256. The minimum Gasteiger partial charge on any atom is -0.366 e. The number of nitrogens with zero attached hydrogens (tertiary/aromatic N) is 1. The monoisotopic (exact) mass is 264 g/mol. The molecule has 5 heteroatoms. The average Bonchev–Trinajstić information content (AvgIpc) is 2.35. The summed E-state index contributed by atoms with van der Waals surface area (Å²) in [6, 6.07) is 0. The van der Waals surface area contributed by atoms with Crippen LogP contribution in [0, 0.1) is 5.92 Å². The molecule has 17 heavy (non-hydrogen) atoms. The van der Waals surface area contributed by atoms with Crippen LogP contribution in [-0.4, -0.2) is 49.7 Å². The molecule has 1 heterocycles. The first-order valence-electron chi connectivity index (χ1n) is 6.30.